The maximum atomic E-state index is 13.5. The Morgan fingerprint density at radius 3 is 2.88 bits per heavy atom. The lowest BCUT2D eigenvalue weighted by Crippen LogP contribution is -2.45. The van der Waals surface area contributed by atoms with E-state index in [1.165, 1.54) is 12.1 Å². The third kappa shape index (κ3) is 4.24. The lowest BCUT2D eigenvalue weighted by molar-refractivity contribution is -0.117. The van der Waals surface area contributed by atoms with Crippen LogP contribution in [0.5, 0.6) is 0 Å². The standard InChI is InChI=1S/C18H21FN4O2/c19-13-3-1-5-15(8-13)23-10-12(7-17(20)24)16(11-23)18(25)22-14-4-2-6-21-9-14/h1,3,5,8,10-11,14,21H,2,4,6-7,9H2,(H2,20,24)(H,22,25)/t14-/m0/s1. The molecular weight excluding hydrogens is 323 g/mol. The lowest BCUT2D eigenvalue weighted by Gasteiger charge is -2.23. The van der Waals surface area contributed by atoms with Crippen LogP contribution in [0.1, 0.15) is 28.8 Å². The number of piperidine rings is 1. The molecule has 25 heavy (non-hydrogen) atoms. The van der Waals surface area contributed by atoms with Gasteiger partial charge >= 0.3 is 0 Å². The number of nitrogens with zero attached hydrogens (tertiary/aromatic N) is 1. The fourth-order valence-corrected chi connectivity index (χ4v) is 3.05. The summed E-state index contributed by atoms with van der Waals surface area (Å²) in [7, 11) is 0. The summed E-state index contributed by atoms with van der Waals surface area (Å²) in [5, 5.41) is 6.22. The van der Waals surface area contributed by atoms with E-state index in [9.17, 15) is 14.0 Å². The molecule has 132 valence electrons. The average Bonchev–Trinajstić information content (AvgIpc) is 2.99. The number of hydrogen-bond acceptors (Lipinski definition) is 3. The zero-order valence-electron chi connectivity index (χ0n) is 13.8. The summed E-state index contributed by atoms with van der Waals surface area (Å²) in [6.07, 6.45) is 5.12. The lowest BCUT2D eigenvalue weighted by atomic mass is 10.1. The number of carbonyl (C=O) groups excluding carboxylic acids is 2. The molecule has 4 N–H and O–H groups in total. The van der Waals surface area contributed by atoms with Crippen molar-refractivity contribution in [1.29, 1.82) is 0 Å². The van der Waals surface area contributed by atoms with Gasteiger partial charge in [0, 0.05) is 30.7 Å². The minimum Gasteiger partial charge on any atom is -0.369 e. The maximum absolute atomic E-state index is 13.5. The molecule has 7 heteroatoms. The summed E-state index contributed by atoms with van der Waals surface area (Å²) in [6, 6.07) is 6.08. The van der Waals surface area contributed by atoms with Crippen LogP contribution in [0.3, 0.4) is 0 Å². The Bertz CT molecular complexity index is 781. The smallest absolute Gasteiger partial charge is 0.253 e. The Balaban J connectivity index is 1.87. The average molecular weight is 344 g/mol. The number of aromatic nitrogens is 1. The van der Waals surface area contributed by atoms with Gasteiger partial charge in [0.1, 0.15) is 5.82 Å². The van der Waals surface area contributed by atoms with E-state index in [1.54, 1.807) is 29.1 Å². The van der Waals surface area contributed by atoms with E-state index < -0.39 is 5.91 Å². The highest BCUT2D eigenvalue weighted by Gasteiger charge is 2.21. The molecule has 2 amide bonds. The van der Waals surface area contributed by atoms with Crippen LogP contribution in [0.15, 0.2) is 36.7 Å². The molecular formula is C18H21FN4O2. The molecule has 1 atom stereocenters. The normalized spacial score (nSPS) is 17.2. The molecule has 2 heterocycles. The molecule has 1 fully saturated rings. The van der Waals surface area contributed by atoms with Crippen LogP contribution < -0.4 is 16.4 Å². The predicted octanol–water partition coefficient (Wildman–Crippen LogP) is 1.13. The number of benzene rings is 1. The van der Waals surface area contributed by atoms with Crippen LogP contribution in [0, 0.1) is 5.82 Å². The van der Waals surface area contributed by atoms with Crippen LogP contribution in [-0.4, -0.2) is 35.5 Å². The second-order valence-corrected chi connectivity index (χ2v) is 6.24. The topological polar surface area (TPSA) is 89.2 Å². The van der Waals surface area contributed by atoms with Crippen LogP contribution in [0.4, 0.5) is 4.39 Å². The fourth-order valence-electron chi connectivity index (χ4n) is 3.05. The largest absolute Gasteiger partial charge is 0.369 e. The zero-order chi connectivity index (χ0) is 17.8. The van der Waals surface area contributed by atoms with Gasteiger partial charge in [-0.05, 0) is 43.1 Å². The van der Waals surface area contributed by atoms with Crippen molar-refractivity contribution >= 4 is 11.8 Å². The number of halogens is 1. The van der Waals surface area contributed by atoms with Crippen LogP contribution >= 0.6 is 0 Å². The molecule has 0 unspecified atom stereocenters. The summed E-state index contributed by atoms with van der Waals surface area (Å²) in [5.41, 5.74) is 6.78. The number of rotatable bonds is 5. The van der Waals surface area contributed by atoms with Crippen molar-refractivity contribution in [2.75, 3.05) is 13.1 Å². The van der Waals surface area contributed by atoms with Crippen molar-refractivity contribution in [3.63, 3.8) is 0 Å². The number of carbonyl (C=O) groups is 2. The van der Waals surface area contributed by atoms with E-state index in [0.717, 1.165) is 25.9 Å². The van der Waals surface area contributed by atoms with Gasteiger partial charge in [0.15, 0.2) is 0 Å². The Morgan fingerprint density at radius 1 is 1.36 bits per heavy atom. The number of primary amides is 1. The molecule has 0 spiro atoms. The van der Waals surface area contributed by atoms with E-state index in [1.807, 2.05) is 0 Å². The Hall–Kier alpha value is -2.67. The van der Waals surface area contributed by atoms with E-state index >= 15 is 0 Å². The highest BCUT2D eigenvalue weighted by Crippen LogP contribution is 2.18. The summed E-state index contributed by atoms with van der Waals surface area (Å²) in [4.78, 5) is 24.0. The van der Waals surface area contributed by atoms with Gasteiger partial charge in [-0.1, -0.05) is 6.07 Å². The first-order valence-corrected chi connectivity index (χ1v) is 8.29. The number of amides is 2. The van der Waals surface area contributed by atoms with Crippen LogP contribution in [0.25, 0.3) is 5.69 Å². The highest BCUT2D eigenvalue weighted by atomic mass is 19.1. The third-order valence-corrected chi connectivity index (χ3v) is 4.26. The van der Waals surface area contributed by atoms with Gasteiger partial charge in [-0.25, -0.2) is 4.39 Å². The highest BCUT2D eigenvalue weighted by molar-refractivity contribution is 5.97. The van der Waals surface area contributed by atoms with Gasteiger partial charge in [-0.3, -0.25) is 9.59 Å². The van der Waals surface area contributed by atoms with Crippen molar-refractivity contribution in [2.24, 2.45) is 5.73 Å². The monoisotopic (exact) mass is 344 g/mol. The van der Waals surface area contributed by atoms with Gasteiger partial charge in [0.2, 0.25) is 5.91 Å². The van der Waals surface area contributed by atoms with E-state index in [2.05, 4.69) is 10.6 Å². The quantitative estimate of drug-likeness (QED) is 0.759. The second kappa shape index (κ2) is 7.48. The van der Waals surface area contributed by atoms with Gasteiger partial charge in [0.25, 0.3) is 5.91 Å². The van der Waals surface area contributed by atoms with Crippen LogP contribution in [0.2, 0.25) is 0 Å². The molecule has 1 saturated heterocycles. The number of hydrogen-bond donors (Lipinski definition) is 3. The zero-order valence-corrected chi connectivity index (χ0v) is 13.8. The molecule has 6 nitrogen and oxygen atoms in total. The molecule has 1 aromatic carbocycles. The predicted molar refractivity (Wildman–Crippen MR) is 92.0 cm³/mol. The minimum absolute atomic E-state index is 0.0476. The summed E-state index contributed by atoms with van der Waals surface area (Å²) < 4.78 is 15.1. The molecule has 0 aliphatic carbocycles. The third-order valence-electron chi connectivity index (χ3n) is 4.26. The van der Waals surface area contributed by atoms with Crippen molar-refractivity contribution in [3.05, 3.63) is 53.6 Å². The van der Waals surface area contributed by atoms with Gasteiger partial charge in [-0.2, -0.15) is 0 Å². The first-order chi connectivity index (χ1) is 12.0. The summed E-state index contributed by atoms with van der Waals surface area (Å²) in [5.74, 6) is -1.15. The first kappa shape index (κ1) is 17.2. The fraction of sp³-hybridized carbons (Fsp3) is 0.333. The molecule has 0 bridgehead atoms. The molecule has 3 rings (SSSR count). The Morgan fingerprint density at radius 2 is 2.20 bits per heavy atom. The van der Waals surface area contributed by atoms with E-state index in [-0.39, 0.29) is 24.2 Å². The SMILES string of the molecule is NC(=O)Cc1cn(-c2cccc(F)c2)cc1C(=O)N[C@H]1CCCNC1. The van der Waals surface area contributed by atoms with E-state index in [4.69, 9.17) is 5.73 Å². The summed E-state index contributed by atoms with van der Waals surface area (Å²) in [6.45, 7) is 1.68. The van der Waals surface area contributed by atoms with Gasteiger partial charge in [0.05, 0.1) is 12.0 Å². The van der Waals surface area contributed by atoms with Gasteiger partial charge < -0.3 is 20.9 Å². The number of nitrogens with two attached hydrogens (primary N) is 1. The van der Waals surface area contributed by atoms with Crippen molar-refractivity contribution < 1.29 is 14.0 Å². The maximum Gasteiger partial charge on any atom is 0.253 e. The van der Waals surface area contributed by atoms with Crippen molar-refractivity contribution in [1.82, 2.24) is 15.2 Å². The minimum atomic E-state index is -0.523. The first-order valence-electron chi connectivity index (χ1n) is 8.29. The molecule has 0 saturated carbocycles. The molecule has 0 radical (unpaired) electrons. The number of nitrogens with one attached hydrogen (secondary N) is 2. The van der Waals surface area contributed by atoms with Crippen LogP contribution in [-0.2, 0) is 11.2 Å². The second-order valence-electron chi connectivity index (χ2n) is 6.24. The van der Waals surface area contributed by atoms with Crippen molar-refractivity contribution in [3.8, 4) is 5.69 Å². The van der Waals surface area contributed by atoms with Gasteiger partial charge in [-0.15, -0.1) is 0 Å². The van der Waals surface area contributed by atoms with E-state index in [0.29, 0.717) is 16.8 Å². The summed E-state index contributed by atoms with van der Waals surface area (Å²) >= 11 is 0. The molecule has 1 aromatic heterocycles. The Kier molecular flexibility index (Phi) is 5.14. The Labute approximate surface area is 145 Å². The molecule has 2 aromatic rings. The molecule has 1 aliphatic rings. The molecule has 1 aliphatic heterocycles. The van der Waals surface area contributed by atoms with Crippen molar-refractivity contribution in [2.45, 2.75) is 25.3 Å².